The van der Waals surface area contributed by atoms with Crippen LogP contribution < -0.4 is 0 Å². The van der Waals surface area contributed by atoms with E-state index in [2.05, 4.69) is 47.0 Å². The van der Waals surface area contributed by atoms with Gasteiger partial charge in [0.2, 0.25) is 5.91 Å². The molecule has 1 atom stereocenters. The molecule has 4 heteroatoms. The molecule has 2 heterocycles. The summed E-state index contributed by atoms with van der Waals surface area (Å²) in [5.74, 6) is 0.705. The van der Waals surface area contributed by atoms with Gasteiger partial charge in [0.15, 0.2) is 0 Å². The summed E-state index contributed by atoms with van der Waals surface area (Å²) in [6.45, 7) is 5.70. The van der Waals surface area contributed by atoms with Gasteiger partial charge in [-0.2, -0.15) is 5.10 Å². The van der Waals surface area contributed by atoms with Crippen LogP contribution in [0.15, 0.2) is 30.3 Å². The summed E-state index contributed by atoms with van der Waals surface area (Å²) in [5, 5.41) is 4.54. The molecule has 0 saturated carbocycles. The lowest BCUT2D eigenvalue weighted by Gasteiger charge is -2.40. The summed E-state index contributed by atoms with van der Waals surface area (Å²) < 4.78 is 2.07. The minimum Gasteiger partial charge on any atom is -0.338 e. The molecule has 0 bridgehead atoms. The number of rotatable bonds is 3. The number of aromatic nitrogens is 2. The molecule has 0 unspecified atom stereocenters. The quantitative estimate of drug-likeness (QED) is 0.874. The third kappa shape index (κ3) is 2.56. The number of fused-ring (bicyclic) bond motifs is 1. The highest BCUT2D eigenvalue weighted by atomic mass is 16.2. The number of likely N-dealkylation sites (tertiary alicyclic amines) is 1. The highest BCUT2D eigenvalue weighted by Crippen LogP contribution is 2.36. The Kier molecular flexibility index (Phi) is 3.47. The third-order valence-electron chi connectivity index (χ3n) is 5.28. The Morgan fingerprint density at radius 2 is 2.04 bits per heavy atom. The summed E-state index contributed by atoms with van der Waals surface area (Å²) in [5.41, 5.74) is 5.05. The van der Waals surface area contributed by atoms with Crippen LogP contribution in [0.1, 0.15) is 47.3 Å². The van der Waals surface area contributed by atoms with Gasteiger partial charge >= 0.3 is 0 Å². The first kappa shape index (κ1) is 14.5. The molecule has 1 aromatic heterocycles. The van der Waals surface area contributed by atoms with Crippen LogP contribution in [0.3, 0.4) is 0 Å². The molecule has 2 aliphatic rings. The molecule has 1 amide bonds. The minimum absolute atomic E-state index is 0.296. The van der Waals surface area contributed by atoms with Crippen molar-refractivity contribution in [1.29, 1.82) is 0 Å². The third-order valence-corrected chi connectivity index (χ3v) is 5.28. The molecule has 1 fully saturated rings. The fourth-order valence-corrected chi connectivity index (χ4v) is 4.03. The second kappa shape index (κ2) is 5.52. The van der Waals surface area contributed by atoms with Crippen LogP contribution in [0.4, 0.5) is 0 Å². The first-order valence-electron chi connectivity index (χ1n) is 8.50. The second-order valence-corrected chi connectivity index (χ2v) is 6.96. The van der Waals surface area contributed by atoms with Crippen LogP contribution >= 0.6 is 0 Å². The molecule has 0 radical (unpaired) electrons. The molecule has 1 aliphatic heterocycles. The normalized spacial score (nSPS) is 20.4. The van der Waals surface area contributed by atoms with Gasteiger partial charge in [0.05, 0.1) is 11.7 Å². The summed E-state index contributed by atoms with van der Waals surface area (Å²) in [7, 11) is 0. The Labute approximate surface area is 137 Å². The average molecular weight is 309 g/mol. The van der Waals surface area contributed by atoms with Crippen molar-refractivity contribution in [3.05, 3.63) is 52.8 Å². The molecule has 4 nitrogen and oxygen atoms in total. The standard InChI is InChI=1S/C19H23N3O/c1-13-9-14(2)22(20-13)17-11-21(12-17)19(23)10-16-8-7-15-5-3-4-6-18(15)16/h3-6,9,16-17H,7-8,10-12H2,1-2H3/t16-/m0/s1. The van der Waals surface area contributed by atoms with Crippen molar-refractivity contribution < 1.29 is 4.79 Å². The van der Waals surface area contributed by atoms with E-state index in [0.29, 0.717) is 24.3 Å². The van der Waals surface area contributed by atoms with Crippen LogP contribution in [0.25, 0.3) is 0 Å². The number of benzene rings is 1. The molecular weight excluding hydrogens is 286 g/mol. The van der Waals surface area contributed by atoms with E-state index >= 15 is 0 Å². The fraction of sp³-hybridized carbons (Fsp3) is 0.474. The van der Waals surface area contributed by atoms with E-state index in [1.54, 1.807) is 0 Å². The van der Waals surface area contributed by atoms with Gasteiger partial charge in [-0.05, 0) is 49.8 Å². The largest absolute Gasteiger partial charge is 0.338 e. The Morgan fingerprint density at radius 3 is 2.78 bits per heavy atom. The van der Waals surface area contributed by atoms with Gasteiger partial charge < -0.3 is 4.90 Å². The summed E-state index contributed by atoms with van der Waals surface area (Å²) in [4.78, 5) is 14.5. The van der Waals surface area contributed by atoms with E-state index in [0.717, 1.165) is 31.6 Å². The summed E-state index contributed by atoms with van der Waals surface area (Å²) in [6.07, 6.45) is 2.88. The highest BCUT2D eigenvalue weighted by molar-refractivity contribution is 5.78. The first-order chi connectivity index (χ1) is 11.1. The van der Waals surface area contributed by atoms with E-state index in [9.17, 15) is 4.79 Å². The average Bonchev–Trinajstić information content (AvgIpc) is 3.02. The predicted octanol–water partition coefficient (Wildman–Crippen LogP) is 3.00. The van der Waals surface area contributed by atoms with Crippen molar-refractivity contribution in [2.24, 2.45) is 0 Å². The smallest absolute Gasteiger partial charge is 0.223 e. The molecule has 120 valence electrons. The van der Waals surface area contributed by atoms with Gasteiger partial charge in [-0.1, -0.05) is 24.3 Å². The monoisotopic (exact) mass is 309 g/mol. The van der Waals surface area contributed by atoms with Crippen molar-refractivity contribution in [1.82, 2.24) is 14.7 Å². The number of amides is 1. The van der Waals surface area contributed by atoms with E-state index in [4.69, 9.17) is 0 Å². The Balaban J connectivity index is 1.36. The number of nitrogens with zero attached hydrogens (tertiary/aromatic N) is 3. The fourth-order valence-electron chi connectivity index (χ4n) is 4.03. The van der Waals surface area contributed by atoms with Crippen molar-refractivity contribution in [3.8, 4) is 0 Å². The zero-order chi connectivity index (χ0) is 16.0. The maximum absolute atomic E-state index is 12.6. The van der Waals surface area contributed by atoms with E-state index < -0.39 is 0 Å². The lowest BCUT2D eigenvalue weighted by molar-refractivity contribution is -0.137. The van der Waals surface area contributed by atoms with Gasteiger partial charge in [-0.3, -0.25) is 9.48 Å². The maximum Gasteiger partial charge on any atom is 0.223 e. The number of carbonyl (C=O) groups is 1. The van der Waals surface area contributed by atoms with E-state index in [1.165, 1.54) is 16.8 Å². The highest BCUT2D eigenvalue weighted by Gasteiger charge is 2.35. The maximum atomic E-state index is 12.6. The summed E-state index contributed by atoms with van der Waals surface area (Å²) >= 11 is 0. The minimum atomic E-state index is 0.296. The zero-order valence-corrected chi connectivity index (χ0v) is 13.8. The topological polar surface area (TPSA) is 38.1 Å². The van der Waals surface area contributed by atoms with Crippen LogP contribution in [-0.2, 0) is 11.2 Å². The molecule has 1 saturated heterocycles. The molecule has 1 aromatic carbocycles. The Hall–Kier alpha value is -2.10. The van der Waals surface area contributed by atoms with E-state index in [1.807, 2.05) is 11.8 Å². The molecule has 2 aromatic rings. The number of aryl methyl sites for hydroxylation is 3. The molecule has 0 spiro atoms. The van der Waals surface area contributed by atoms with Crippen LogP contribution in [0.2, 0.25) is 0 Å². The number of hydrogen-bond donors (Lipinski definition) is 0. The zero-order valence-electron chi connectivity index (χ0n) is 13.8. The molecule has 4 rings (SSSR count). The lowest BCUT2D eigenvalue weighted by Crippen LogP contribution is -2.51. The van der Waals surface area contributed by atoms with Crippen LogP contribution in [0.5, 0.6) is 0 Å². The van der Waals surface area contributed by atoms with Crippen molar-refractivity contribution in [2.75, 3.05) is 13.1 Å². The van der Waals surface area contributed by atoms with Gasteiger partial charge in [-0.25, -0.2) is 0 Å². The van der Waals surface area contributed by atoms with E-state index in [-0.39, 0.29) is 0 Å². The Bertz CT molecular complexity index is 743. The summed E-state index contributed by atoms with van der Waals surface area (Å²) in [6, 6.07) is 11.0. The van der Waals surface area contributed by atoms with Gasteiger partial charge in [0.25, 0.3) is 0 Å². The Morgan fingerprint density at radius 1 is 1.26 bits per heavy atom. The molecular formula is C19H23N3O. The van der Waals surface area contributed by atoms with Crippen molar-refractivity contribution in [2.45, 2.75) is 45.1 Å². The predicted molar refractivity (Wildman–Crippen MR) is 89.4 cm³/mol. The lowest BCUT2D eigenvalue weighted by atomic mass is 9.96. The molecule has 1 aliphatic carbocycles. The van der Waals surface area contributed by atoms with Crippen molar-refractivity contribution in [3.63, 3.8) is 0 Å². The van der Waals surface area contributed by atoms with Gasteiger partial charge in [-0.15, -0.1) is 0 Å². The number of hydrogen-bond acceptors (Lipinski definition) is 2. The SMILES string of the molecule is Cc1cc(C)n(C2CN(C(=O)C[C@@H]3CCc4ccccc43)C2)n1. The van der Waals surface area contributed by atoms with Crippen LogP contribution in [-0.4, -0.2) is 33.7 Å². The molecule has 0 N–H and O–H groups in total. The van der Waals surface area contributed by atoms with Crippen LogP contribution in [0, 0.1) is 13.8 Å². The van der Waals surface area contributed by atoms with Gasteiger partial charge in [0, 0.05) is 25.2 Å². The second-order valence-electron chi connectivity index (χ2n) is 6.96. The first-order valence-corrected chi connectivity index (χ1v) is 8.50. The molecule has 23 heavy (non-hydrogen) atoms. The van der Waals surface area contributed by atoms with Gasteiger partial charge in [0.1, 0.15) is 0 Å². The number of carbonyl (C=O) groups excluding carboxylic acids is 1. The van der Waals surface area contributed by atoms with Crippen molar-refractivity contribution >= 4 is 5.91 Å².